The van der Waals surface area contributed by atoms with Gasteiger partial charge in [-0.2, -0.15) is 8.42 Å². The quantitative estimate of drug-likeness (QED) is 0.630. The summed E-state index contributed by atoms with van der Waals surface area (Å²) in [5.74, 6) is -2.25. The maximum atomic E-state index is 11.4. The first-order valence-electron chi connectivity index (χ1n) is 4.12. The normalized spacial score (nSPS) is 16.9. The van der Waals surface area contributed by atoms with Gasteiger partial charge >= 0.3 is 16.2 Å². The molecular weight excluding hydrogens is 236 g/mol. The summed E-state index contributed by atoms with van der Waals surface area (Å²) >= 11 is 0. The molecule has 8 heteroatoms. The van der Waals surface area contributed by atoms with E-state index in [2.05, 4.69) is 0 Å². The van der Waals surface area contributed by atoms with Gasteiger partial charge < -0.3 is 5.11 Å². The first-order valence-corrected chi connectivity index (χ1v) is 5.60. The summed E-state index contributed by atoms with van der Waals surface area (Å²) in [6.07, 6.45) is 0. The van der Waals surface area contributed by atoms with Crippen LogP contribution in [0.25, 0.3) is 0 Å². The Bertz CT molecular complexity index is 592. The molecule has 2 rings (SSSR count). The second-order valence-corrected chi connectivity index (χ2v) is 4.49. The Morgan fingerprint density at radius 3 is 2.56 bits per heavy atom. The van der Waals surface area contributed by atoms with E-state index in [1.54, 1.807) is 4.72 Å². The zero-order valence-electron chi connectivity index (χ0n) is 7.72. The molecule has 0 saturated carbocycles. The molecule has 0 spiro atoms. The van der Waals surface area contributed by atoms with Crippen LogP contribution in [0.2, 0.25) is 0 Å². The molecule has 0 aliphatic carbocycles. The molecule has 1 aromatic carbocycles. The van der Waals surface area contributed by atoms with E-state index < -0.39 is 22.1 Å². The number of carbonyl (C=O) groups is 2. The molecule has 16 heavy (non-hydrogen) atoms. The lowest BCUT2D eigenvalue weighted by atomic mass is 10.1. The lowest BCUT2D eigenvalue weighted by Crippen LogP contribution is -2.41. The molecule has 1 aliphatic heterocycles. The van der Waals surface area contributed by atoms with Crippen molar-refractivity contribution in [1.29, 1.82) is 0 Å². The summed E-state index contributed by atoms with van der Waals surface area (Å²) in [5.41, 5.74) is -0.481. The van der Waals surface area contributed by atoms with E-state index in [-0.39, 0.29) is 16.8 Å². The number of carbonyl (C=O) groups excluding carboxylic acids is 1. The van der Waals surface area contributed by atoms with Crippen LogP contribution in [0.1, 0.15) is 20.7 Å². The van der Waals surface area contributed by atoms with E-state index in [1.807, 2.05) is 4.72 Å². The van der Waals surface area contributed by atoms with Crippen LogP contribution in [0, 0.1) is 0 Å². The number of amides is 1. The van der Waals surface area contributed by atoms with Gasteiger partial charge in [-0.25, -0.2) is 9.52 Å². The minimum atomic E-state index is -3.93. The number of hydrogen-bond donors (Lipinski definition) is 3. The molecule has 1 heterocycles. The fraction of sp³-hybridized carbons (Fsp3) is 0. The molecule has 84 valence electrons. The van der Waals surface area contributed by atoms with Crippen LogP contribution in [0.3, 0.4) is 0 Å². The van der Waals surface area contributed by atoms with E-state index in [9.17, 15) is 18.0 Å². The minimum Gasteiger partial charge on any atom is -0.478 e. The monoisotopic (exact) mass is 242 g/mol. The number of benzene rings is 1. The standard InChI is InChI=1S/C8H6N2O5S/c11-7-6-4(8(12)13)2-1-3-5(6)9-16(14,15)10-7/h1-3,9H,(H,10,11)(H,12,13). The predicted octanol–water partition coefficient (Wildman–Crippen LogP) is -0.215. The molecule has 0 fully saturated rings. The number of carboxylic acids is 1. The topological polar surface area (TPSA) is 113 Å². The Morgan fingerprint density at radius 2 is 1.94 bits per heavy atom. The van der Waals surface area contributed by atoms with Crippen LogP contribution in [-0.2, 0) is 10.2 Å². The molecule has 0 aromatic heterocycles. The Hall–Kier alpha value is -2.09. The van der Waals surface area contributed by atoms with Gasteiger partial charge in [-0.05, 0) is 12.1 Å². The number of hydrogen-bond acceptors (Lipinski definition) is 4. The van der Waals surface area contributed by atoms with Gasteiger partial charge in [-0.15, -0.1) is 0 Å². The van der Waals surface area contributed by atoms with Crippen molar-refractivity contribution < 1.29 is 23.1 Å². The van der Waals surface area contributed by atoms with Crippen molar-refractivity contribution in [3.8, 4) is 0 Å². The third-order valence-corrected chi connectivity index (χ3v) is 2.94. The van der Waals surface area contributed by atoms with Crippen molar-refractivity contribution in [2.24, 2.45) is 0 Å². The zero-order valence-corrected chi connectivity index (χ0v) is 8.54. The highest BCUT2D eigenvalue weighted by atomic mass is 32.2. The Labute approximate surface area is 90.3 Å². The summed E-state index contributed by atoms with van der Waals surface area (Å²) in [7, 11) is -3.93. The largest absolute Gasteiger partial charge is 0.478 e. The lowest BCUT2D eigenvalue weighted by molar-refractivity contribution is 0.0691. The first-order chi connectivity index (χ1) is 7.41. The van der Waals surface area contributed by atoms with Crippen molar-refractivity contribution in [2.45, 2.75) is 0 Å². The molecule has 0 saturated heterocycles. The van der Waals surface area contributed by atoms with Crippen molar-refractivity contribution in [1.82, 2.24) is 4.72 Å². The first kappa shape index (κ1) is 10.4. The summed E-state index contributed by atoms with van der Waals surface area (Å²) in [4.78, 5) is 22.3. The second kappa shape index (κ2) is 3.20. The van der Waals surface area contributed by atoms with Gasteiger partial charge in [0.05, 0.1) is 16.8 Å². The van der Waals surface area contributed by atoms with Crippen LogP contribution in [-0.4, -0.2) is 25.4 Å². The smallest absolute Gasteiger partial charge is 0.336 e. The average Bonchev–Trinajstić information content (AvgIpc) is 2.14. The van der Waals surface area contributed by atoms with Gasteiger partial charge in [-0.1, -0.05) is 6.07 Å². The number of anilines is 1. The van der Waals surface area contributed by atoms with Gasteiger partial charge in [0.15, 0.2) is 0 Å². The third-order valence-electron chi connectivity index (χ3n) is 1.99. The SMILES string of the molecule is O=C(O)c1cccc2c1C(=O)NS(=O)(=O)N2. The number of rotatable bonds is 1. The average molecular weight is 242 g/mol. The van der Waals surface area contributed by atoms with Crippen molar-refractivity contribution in [2.75, 3.05) is 4.72 Å². The Morgan fingerprint density at radius 1 is 1.25 bits per heavy atom. The summed E-state index contributed by atoms with van der Waals surface area (Å²) < 4.78 is 25.9. The number of carboxylic acid groups (broad SMARTS) is 1. The number of nitrogens with one attached hydrogen (secondary N) is 2. The molecule has 0 radical (unpaired) electrons. The van der Waals surface area contributed by atoms with Crippen LogP contribution < -0.4 is 9.44 Å². The van der Waals surface area contributed by atoms with Gasteiger partial charge in [-0.3, -0.25) is 9.52 Å². The van der Waals surface area contributed by atoms with E-state index in [0.29, 0.717) is 0 Å². The predicted molar refractivity (Wildman–Crippen MR) is 53.4 cm³/mol. The van der Waals surface area contributed by atoms with Crippen LogP contribution in [0.5, 0.6) is 0 Å². The summed E-state index contributed by atoms with van der Waals surface area (Å²) in [5, 5.41) is 8.83. The van der Waals surface area contributed by atoms with E-state index in [0.717, 1.165) is 0 Å². The van der Waals surface area contributed by atoms with Gasteiger partial charge in [0, 0.05) is 0 Å². The van der Waals surface area contributed by atoms with Crippen LogP contribution in [0.4, 0.5) is 5.69 Å². The molecular formula is C8H6N2O5S. The number of fused-ring (bicyclic) bond motifs is 1. The zero-order chi connectivity index (χ0) is 11.9. The van der Waals surface area contributed by atoms with Crippen molar-refractivity contribution in [3.05, 3.63) is 29.3 Å². The second-order valence-electron chi connectivity index (χ2n) is 3.07. The molecule has 1 aliphatic rings. The van der Waals surface area contributed by atoms with Crippen molar-refractivity contribution >= 4 is 27.8 Å². The highest BCUT2D eigenvalue weighted by Crippen LogP contribution is 2.24. The third kappa shape index (κ3) is 1.58. The lowest BCUT2D eigenvalue weighted by Gasteiger charge is -2.19. The Balaban J connectivity index is 2.69. The van der Waals surface area contributed by atoms with E-state index >= 15 is 0 Å². The summed E-state index contributed by atoms with van der Waals surface area (Å²) in [6.45, 7) is 0. The van der Waals surface area contributed by atoms with Crippen molar-refractivity contribution in [3.63, 3.8) is 0 Å². The molecule has 1 amide bonds. The number of aromatic carboxylic acids is 1. The van der Waals surface area contributed by atoms with E-state index in [1.165, 1.54) is 18.2 Å². The maximum Gasteiger partial charge on any atom is 0.336 e. The maximum absolute atomic E-state index is 11.4. The van der Waals surface area contributed by atoms with Gasteiger partial charge in [0.1, 0.15) is 0 Å². The molecule has 0 atom stereocenters. The molecule has 3 N–H and O–H groups in total. The fourth-order valence-electron chi connectivity index (χ4n) is 1.40. The summed E-state index contributed by atoms with van der Waals surface area (Å²) in [6, 6.07) is 3.89. The highest BCUT2D eigenvalue weighted by Gasteiger charge is 2.30. The van der Waals surface area contributed by atoms with Gasteiger partial charge in [0.2, 0.25) is 0 Å². The Kier molecular flexibility index (Phi) is 2.09. The van der Waals surface area contributed by atoms with Gasteiger partial charge in [0.25, 0.3) is 5.91 Å². The molecule has 0 bridgehead atoms. The van der Waals surface area contributed by atoms with Crippen LogP contribution >= 0.6 is 0 Å². The minimum absolute atomic E-state index is 0.0383. The molecule has 7 nitrogen and oxygen atoms in total. The fourth-order valence-corrected chi connectivity index (χ4v) is 2.26. The molecule has 1 aromatic rings. The molecule has 0 unspecified atom stereocenters. The van der Waals surface area contributed by atoms with Crippen LogP contribution in [0.15, 0.2) is 18.2 Å². The highest BCUT2D eigenvalue weighted by molar-refractivity contribution is 7.91. The van der Waals surface area contributed by atoms with E-state index in [4.69, 9.17) is 5.11 Å².